The molecule has 0 spiro atoms. The molecule has 2 aromatic carbocycles. The molecular formula is C30H33ClN4O2S. The molecular weight excluding hydrogens is 516 g/mol. The molecule has 198 valence electrons. The van der Waals surface area contributed by atoms with Crippen LogP contribution in [0.3, 0.4) is 0 Å². The molecule has 2 aliphatic heterocycles. The van der Waals surface area contributed by atoms with Crippen molar-refractivity contribution in [1.29, 1.82) is 0 Å². The van der Waals surface area contributed by atoms with Gasteiger partial charge in [-0.3, -0.25) is 14.2 Å². The van der Waals surface area contributed by atoms with Crippen LogP contribution in [0.15, 0.2) is 63.5 Å². The summed E-state index contributed by atoms with van der Waals surface area (Å²) >= 11 is 7.55. The Morgan fingerprint density at radius 1 is 1.11 bits per heavy atom. The van der Waals surface area contributed by atoms with Gasteiger partial charge in [0.1, 0.15) is 0 Å². The second kappa shape index (κ2) is 10.9. The lowest BCUT2D eigenvalue weighted by atomic mass is 9.94. The number of likely N-dealkylation sites (N-methyl/N-ethyl adjacent to an activating group) is 1. The Kier molecular flexibility index (Phi) is 7.59. The second-order valence-electron chi connectivity index (χ2n) is 9.85. The fourth-order valence-electron chi connectivity index (χ4n) is 5.47. The number of halogens is 1. The van der Waals surface area contributed by atoms with Crippen molar-refractivity contribution in [3.05, 3.63) is 95.1 Å². The number of aryl methyl sites for hydroxylation is 1. The molecule has 0 saturated carbocycles. The Balaban J connectivity index is 1.63. The van der Waals surface area contributed by atoms with Gasteiger partial charge in [-0.1, -0.05) is 41.1 Å². The monoisotopic (exact) mass is 548 g/mol. The molecule has 8 heteroatoms. The van der Waals surface area contributed by atoms with E-state index in [0.717, 1.165) is 24.2 Å². The standard InChI is InChI=1S/C30H33ClN4O2S/c1-5-33(6-2)29(37)26-20(4)32-30-35(27(26)22-10-12-23(31)13-11-22)28(36)25(38-30)18-21-9-14-24(19(3)17-21)34-15-7-8-16-34/h9-14,17-18,27H,5-8,15-16H2,1-4H3/b25-18-/t27-/m0/s1. The maximum atomic E-state index is 13.9. The number of rotatable bonds is 6. The lowest BCUT2D eigenvalue weighted by molar-refractivity contribution is -0.127. The number of amides is 1. The van der Waals surface area contributed by atoms with Crippen molar-refractivity contribution < 1.29 is 4.79 Å². The Bertz CT molecular complexity index is 1580. The molecule has 0 unspecified atom stereocenters. The summed E-state index contributed by atoms with van der Waals surface area (Å²) in [6.45, 7) is 11.3. The highest BCUT2D eigenvalue weighted by atomic mass is 35.5. The van der Waals surface area contributed by atoms with E-state index in [-0.39, 0.29) is 11.5 Å². The average Bonchev–Trinajstić information content (AvgIpc) is 3.53. The van der Waals surface area contributed by atoms with Crippen molar-refractivity contribution in [3.8, 4) is 0 Å². The number of hydrogen-bond acceptors (Lipinski definition) is 5. The predicted molar refractivity (Wildman–Crippen MR) is 156 cm³/mol. The largest absolute Gasteiger partial charge is 0.371 e. The minimum atomic E-state index is -0.571. The summed E-state index contributed by atoms with van der Waals surface area (Å²) in [4.78, 5) is 37.2. The van der Waals surface area contributed by atoms with Crippen molar-refractivity contribution >= 4 is 40.6 Å². The predicted octanol–water partition coefficient (Wildman–Crippen LogP) is 4.67. The summed E-state index contributed by atoms with van der Waals surface area (Å²) in [6.07, 6.45) is 4.40. The van der Waals surface area contributed by atoms with E-state index in [1.807, 2.05) is 39.0 Å². The number of benzene rings is 2. The number of nitrogens with zero attached hydrogens (tertiary/aromatic N) is 4. The molecule has 5 rings (SSSR count). The van der Waals surface area contributed by atoms with E-state index in [1.54, 1.807) is 21.6 Å². The van der Waals surface area contributed by atoms with E-state index >= 15 is 0 Å². The number of carbonyl (C=O) groups is 1. The first-order valence-corrected chi connectivity index (χ1v) is 14.4. The van der Waals surface area contributed by atoms with E-state index in [0.29, 0.717) is 38.7 Å². The van der Waals surface area contributed by atoms with Gasteiger partial charge in [-0.05, 0) is 87.6 Å². The first kappa shape index (κ1) is 26.4. The fourth-order valence-corrected chi connectivity index (χ4v) is 6.64. The van der Waals surface area contributed by atoms with E-state index in [1.165, 1.54) is 35.4 Å². The van der Waals surface area contributed by atoms with Gasteiger partial charge in [0.2, 0.25) is 0 Å². The molecule has 1 fully saturated rings. The number of aromatic nitrogens is 1. The topological polar surface area (TPSA) is 57.9 Å². The number of allylic oxidation sites excluding steroid dienone is 1. The van der Waals surface area contributed by atoms with Crippen molar-refractivity contribution in [3.63, 3.8) is 0 Å². The van der Waals surface area contributed by atoms with Gasteiger partial charge in [0.25, 0.3) is 11.5 Å². The molecule has 3 aromatic rings. The van der Waals surface area contributed by atoms with Gasteiger partial charge in [-0.25, -0.2) is 4.99 Å². The zero-order chi connectivity index (χ0) is 27.0. The number of thiazole rings is 1. The Morgan fingerprint density at radius 3 is 2.42 bits per heavy atom. The van der Waals surface area contributed by atoms with Gasteiger partial charge < -0.3 is 9.80 Å². The minimum absolute atomic E-state index is 0.0985. The van der Waals surface area contributed by atoms with Crippen LogP contribution in [0.1, 0.15) is 56.3 Å². The summed E-state index contributed by atoms with van der Waals surface area (Å²) in [7, 11) is 0. The van der Waals surface area contributed by atoms with Crippen molar-refractivity contribution in [2.75, 3.05) is 31.1 Å². The molecule has 1 amide bonds. The number of carbonyl (C=O) groups excluding carboxylic acids is 1. The van der Waals surface area contributed by atoms with Crippen LogP contribution in [-0.4, -0.2) is 41.6 Å². The SMILES string of the molecule is CCN(CC)C(=O)C1=C(C)N=c2s/c(=C\c3ccc(N4CCCC4)c(C)c3)c(=O)n2[C@H]1c1ccc(Cl)cc1. The summed E-state index contributed by atoms with van der Waals surface area (Å²) in [5, 5.41) is 0.603. The zero-order valence-corrected chi connectivity index (χ0v) is 23.9. The third-order valence-corrected chi connectivity index (χ3v) is 8.69. The summed E-state index contributed by atoms with van der Waals surface area (Å²) in [6, 6.07) is 13.2. The van der Waals surface area contributed by atoms with Gasteiger partial charge in [-0.2, -0.15) is 0 Å². The molecule has 3 heterocycles. The Morgan fingerprint density at radius 2 is 1.79 bits per heavy atom. The van der Waals surface area contributed by atoms with E-state index in [2.05, 4.69) is 30.0 Å². The van der Waals surface area contributed by atoms with Crippen LogP contribution in [0.5, 0.6) is 0 Å². The van der Waals surface area contributed by atoms with Crippen LogP contribution >= 0.6 is 22.9 Å². The highest BCUT2D eigenvalue weighted by Crippen LogP contribution is 2.32. The summed E-state index contributed by atoms with van der Waals surface area (Å²) in [5.41, 5.74) is 5.30. The quantitative estimate of drug-likeness (QED) is 0.450. The van der Waals surface area contributed by atoms with Crippen molar-refractivity contribution in [1.82, 2.24) is 9.47 Å². The molecule has 1 saturated heterocycles. The molecule has 0 bridgehead atoms. The van der Waals surface area contributed by atoms with Crippen molar-refractivity contribution in [2.45, 2.75) is 46.6 Å². The maximum Gasteiger partial charge on any atom is 0.271 e. The molecule has 2 aliphatic rings. The van der Waals surface area contributed by atoms with Crippen LogP contribution in [-0.2, 0) is 4.79 Å². The number of fused-ring (bicyclic) bond motifs is 1. The molecule has 1 atom stereocenters. The van der Waals surface area contributed by atoms with Crippen LogP contribution in [0.2, 0.25) is 5.02 Å². The van der Waals surface area contributed by atoms with Gasteiger partial charge in [0.05, 0.1) is 21.8 Å². The van der Waals surface area contributed by atoms with Gasteiger partial charge >= 0.3 is 0 Å². The molecule has 1 aromatic heterocycles. The van der Waals surface area contributed by atoms with Gasteiger partial charge in [0.15, 0.2) is 4.80 Å². The highest BCUT2D eigenvalue weighted by molar-refractivity contribution is 7.07. The van der Waals surface area contributed by atoms with Crippen molar-refractivity contribution in [2.24, 2.45) is 4.99 Å². The molecule has 0 N–H and O–H groups in total. The summed E-state index contributed by atoms with van der Waals surface area (Å²) < 4.78 is 2.27. The van der Waals surface area contributed by atoms with E-state index in [9.17, 15) is 9.59 Å². The van der Waals surface area contributed by atoms with Crippen LogP contribution < -0.4 is 19.8 Å². The Labute approximate surface area is 232 Å². The van der Waals surface area contributed by atoms with E-state index < -0.39 is 6.04 Å². The molecule has 0 radical (unpaired) electrons. The third-order valence-electron chi connectivity index (χ3n) is 7.45. The van der Waals surface area contributed by atoms with E-state index in [4.69, 9.17) is 16.6 Å². The lowest BCUT2D eigenvalue weighted by Crippen LogP contribution is -2.43. The average molecular weight is 549 g/mol. The minimum Gasteiger partial charge on any atom is -0.371 e. The molecule has 6 nitrogen and oxygen atoms in total. The normalized spacial score (nSPS) is 17.6. The third kappa shape index (κ3) is 4.85. The second-order valence-corrected chi connectivity index (χ2v) is 11.3. The van der Waals surface area contributed by atoms with Crippen LogP contribution in [0.25, 0.3) is 6.08 Å². The summed E-state index contributed by atoms with van der Waals surface area (Å²) in [5.74, 6) is -0.0985. The lowest BCUT2D eigenvalue weighted by Gasteiger charge is -2.29. The maximum absolute atomic E-state index is 13.9. The number of hydrogen-bond donors (Lipinski definition) is 0. The molecule has 38 heavy (non-hydrogen) atoms. The first-order chi connectivity index (χ1) is 18.3. The Hall–Kier alpha value is -3.16. The number of anilines is 1. The highest BCUT2D eigenvalue weighted by Gasteiger charge is 2.34. The first-order valence-electron chi connectivity index (χ1n) is 13.2. The van der Waals surface area contributed by atoms with Gasteiger partial charge in [0, 0.05) is 36.9 Å². The van der Waals surface area contributed by atoms with Crippen LogP contribution in [0.4, 0.5) is 5.69 Å². The fraction of sp³-hybridized carbons (Fsp3) is 0.367. The van der Waals surface area contributed by atoms with Gasteiger partial charge in [-0.15, -0.1) is 0 Å². The zero-order valence-electron chi connectivity index (χ0n) is 22.3. The molecule has 0 aliphatic carbocycles. The van der Waals surface area contributed by atoms with Crippen LogP contribution in [0, 0.1) is 6.92 Å². The smallest absolute Gasteiger partial charge is 0.271 e.